The van der Waals surface area contributed by atoms with Crippen LogP contribution in [-0.2, 0) is 6.54 Å². The standard InChI is InChI=1S/C13H22N2O/c1-4-13(16)10-15(5-2)9-12-8-6-7-11(3)14-12/h6-8,13,16H,4-5,9-10H2,1-3H3. The number of aromatic nitrogens is 1. The summed E-state index contributed by atoms with van der Waals surface area (Å²) >= 11 is 0. The Balaban J connectivity index is 2.56. The highest BCUT2D eigenvalue weighted by Gasteiger charge is 2.09. The van der Waals surface area contributed by atoms with Crippen LogP contribution in [-0.4, -0.2) is 34.2 Å². The third kappa shape index (κ3) is 4.29. The van der Waals surface area contributed by atoms with Gasteiger partial charge < -0.3 is 5.11 Å². The number of likely N-dealkylation sites (N-methyl/N-ethyl adjacent to an activating group) is 1. The van der Waals surface area contributed by atoms with Crippen molar-refractivity contribution >= 4 is 0 Å². The summed E-state index contributed by atoms with van der Waals surface area (Å²) in [5.74, 6) is 0. The summed E-state index contributed by atoms with van der Waals surface area (Å²) in [6.45, 7) is 8.59. The summed E-state index contributed by atoms with van der Waals surface area (Å²) in [5, 5.41) is 9.63. The Labute approximate surface area is 98.1 Å². The molecule has 1 rings (SSSR count). The molecule has 0 saturated heterocycles. The van der Waals surface area contributed by atoms with Gasteiger partial charge >= 0.3 is 0 Å². The fourth-order valence-electron chi connectivity index (χ4n) is 1.65. The summed E-state index contributed by atoms with van der Waals surface area (Å²) in [6, 6.07) is 6.07. The van der Waals surface area contributed by atoms with Crippen molar-refractivity contribution in [1.82, 2.24) is 9.88 Å². The topological polar surface area (TPSA) is 36.4 Å². The fraction of sp³-hybridized carbons (Fsp3) is 0.615. The van der Waals surface area contributed by atoms with Crippen LogP contribution >= 0.6 is 0 Å². The van der Waals surface area contributed by atoms with Crippen LogP contribution in [0, 0.1) is 6.92 Å². The normalized spacial score (nSPS) is 13.1. The van der Waals surface area contributed by atoms with E-state index in [9.17, 15) is 5.11 Å². The first-order chi connectivity index (χ1) is 7.65. The fourth-order valence-corrected chi connectivity index (χ4v) is 1.65. The quantitative estimate of drug-likeness (QED) is 0.799. The van der Waals surface area contributed by atoms with Crippen molar-refractivity contribution in [3.63, 3.8) is 0 Å². The molecule has 1 N–H and O–H groups in total. The summed E-state index contributed by atoms with van der Waals surface area (Å²) < 4.78 is 0. The van der Waals surface area contributed by atoms with E-state index in [1.807, 2.05) is 32.0 Å². The molecule has 0 radical (unpaired) electrons. The van der Waals surface area contributed by atoms with Crippen molar-refractivity contribution in [2.24, 2.45) is 0 Å². The minimum absolute atomic E-state index is 0.232. The average Bonchev–Trinajstić information content (AvgIpc) is 2.28. The highest BCUT2D eigenvalue weighted by molar-refractivity contribution is 5.09. The van der Waals surface area contributed by atoms with Crippen LogP contribution in [0.25, 0.3) is 0 Å². The number of nitrogens with zero attached hydrogens (tertiary/aromatic N) is 2. The van der Waals surface area contributed by atoms with E-state index in [1.165, 1.54) is 0 Å². The molecule has 0 aromatic carbocycles. The number of aliphatic hydroxyl groups is 1. The van der Waals surface area contributed by atoms with Crippen molar-refractivity contribution in [2.75, 3.05) is 13.1 Å². The number of pyridine rings is 1. The maximum absolute atomic E-state index is 9.63. The first-order valence-electron chi connectivity index (χ1n) is 5.98. The third-order valence-corrected chi connectivity index (χ3v) is 2.72. The van der Waals surface area contributed by atoms with Crippen LogP contribution in [0.1, 0.15) is 31.7 Å². The van der Waals surface area contributed by atoms with Crippen molar-refractivity contribution in [1.29, 1.82) is 0 Å². The SMILES string of the molecule is CCC(O)CN(CC)Cc1cccc(C)n1. The van der Waals surface area contributed by atoms with E-state index >= 15 is 0 Å². The predicted octanol–water partition coefficient (Wildman–Crippen LogP) is 1.98. The van der Waals surface area contributed by atoms with Gasteiger partial charge in [-0.3, -0.25) is 9.88 Å². The predicted molar refractivity (Wildman–Crippen MR) is 66.2 cm³/mol. The van der Waals surface area contributed by atoms with Crippen molar-refractivity contribution in [3.05, 3.63) is 29.6 Å². The van der Waals surface area contributed by atoms with Crippen LogP contribution in [0.5, 0.6) is 0 Å². The van der Waals surface area contributed by atoms with Gasteiger partial charge in [0.05, 0.1) is 11.8 Å². The Morgan fingerprint density at radius 2 is 2.12 bits per heavy atom. The van der Waals surface area contributed by atoms with Crippen LogP contribution in [0.4, 0.5) is 0 Å². The highest BCUT2D eigenvalue weighted by Crippen LogP contribution is 2.05. The smallest absolute Gasteiger partial charge is 0.0664 e. The molecular weight excluding hydrogens is 200 g/mol. The molecule has 3 nitrogen and oxygen atoms in total. The number of hydrogen-bond acceptors (Lipinski definition) is 3. The van der Waals surface area contributed by atoms with Crippen LogP contribution < -0.4 is 0 Å². The molecule has 0 saturated carbocycles. The second kappa shape index (κ2) is 6.61. The molecule has 0 aliphatic carbocycles. The highest BCUT2D eigenvalue weighted by atomic mass is 16.3. The molecule has 90 valence electrons. The van der Waals surface area contributed by atoms with Crippen molar-refractivity contribution in [3.8, 4) is 0 Å². The minimum Gasteiger partial charge on any atom is -0.392 e. The zero-order valence-electron chi connectivity index (χ0n) is 10.5. The van der Waals surface area contributed by atoms with Gasteiger partial charge in [0.1, 0.15) is 0 Å². The largest absolute Gasteiger partial charge is 0.392 e. The maximum Gasteiger partial charge on any atom is 0.0664 e. The Kier molecular flexibility index (Phi) is 5.43. The zero-order valence-corrected chi connectivity index (χ0v) is 10.5. The van der Waals surface area contributed by atoms with Crippen molar-refractivity contribution < 1.29 is 5.11 Å². The van der Waals surface area contributed by atoms with Crippen LogP contribution in [0.3, 0.4) is 0 Å². The van der Waals surface area contributed by atoms with Gasteiger partial charge in [0.25, 0.3) is 0 Å². The van der Waals surface area contributed by atoms with Crippen LogP contribution in [0.2, 0.25) is 0 Å². The molecule has 1 aromatic rings. The van der Waals surface area contributed by atoms with E-state index in [-0.39, 0.29) is 6.10 Å². The summed E-state index contributed by atoms with van der Waals surface area (Å²) in [4.78, 5) is 6.69. The lowest BCUT2D eigenvalue weighted by molar-refractivity contribution is 0.108. The molecule has 1 unspecified atom stereocenters. The molecule has 1 heterocycles. The first kappa shape index (κ1) is 13.1. The van der Waals surface area contributed by atoms with E-state index in [0.29, 0.717) is 0 Å². The van der Waals surface area contributed by atoms with E-state index in [1.54, 1.807) is 0 Å². The molecule has 0 spiro atoms. The van der Waals surface area contributed by atoms with Crippen molar-refractivity contribution in [2.45, 2.75) is 39.8 Å². The van der Waals surface area contributed by atoms with Gasteiger partial charge in [0, 0.05) is 18.8 Å². The molecule has 1 aromatic heterocycles. The van der Waals surface area contributed by atoms with Gasteiger partial charge in [0.15, 0.2) is 0 Å². The monoisotopic (exact) mass is 222 g/mol. The minimum atomic E-state index is -0.232. The zero-order chi connectivity index (χ0) is 12.0. The molecule has 16 heavy (non-hydrogen) atoms. The molecular formula is C13H22N2O. The van der Waals surface area contributed by atoms with Gasteiger partial charge in [-0.25, -0.2) is 0 Å². The summed E-state index contributed by atoms with van der Waals surface area (Å²) in [5.41, 5.74) is 2.12. The molecule has 1 atom stereocenters. The van der Waals surface area contributed by atoms with Gasteiger partial charge in [0.2, 0.25) is 0 Å². The lowest BCUT2D eigenvalue weighted by Crippen LogP contribution is -2.31. The second-order valence-corrected chi connectivity index (χ2v) is 4.16. The van der Waals surface area contributed by atoms with Gasteiger partial charge in [-0.15, -0.1) is 0 Å². The lowest BCUT2D eigenvalue weighted by Gasteiger charge is -2.22. The molecule has 0 amide bonds. The number of hydrogen-bond donors (Lipinski definition) is 1. The Hall–Kier alpha value is -0.930. The second-order valence-electron chi connectivity index (χ2n) is 4.16. The van der Waals surface area contributed by atoms with E-state index < -0.39 is 0 Å². The maximum atomic E-state index is 9.63. The summed E-state index contributed by atoms with van der Waals surface area (Å²) in [6.07, 6.45) is 0.572. The molecule has 0 aliphatic rings. The number of aryl methyl sites for hydroxylation is 1. The first-order valence-corrected chi connectivity index (χ1v) is 5.98. The van der Waals surface area contributed by atoms with Gasteiger partial charge in [-0.2, -0.15) is 0 Å². The lowest BCUT2D eigenvalue weighted by atomic mass is 10.2. The Morgan fingerprint density at radius 1 is 1.38 bits per heavy atom. The van der Waals surface area contributed by atoms with Gasteiger partial charge in [-0.1, -0.05) is 19.9 Å². The molecule has 0 bridgehead atoms. The third-order valence-electron chi connectivity index (χ3n) is 2.72. The van der Waals surface area contributed by atoms with E-state index in [4.69, 9.17) is 0 Å². The molecule has 0 aliphatic heterocycles. The number of aliphatic hydroxyl groups excluding tert-OH is 1. The summed E-state index contributed by atoms with van der Waals surface area (Å²) in [7, 11) is 0. The molecule has 0 fully saturated rings. The van der Waals surface area contributed by atoms with E-state index in [0.717, 1.165) is 37.4 Å². The van der Waals surface area contributed by atoms with Gasteiger partial charge in [-0.05, 0) is 32.0 Å². The van der Waals surface area contributed by atoms with E-state index in [2.05, 4.69) is 16.8 Å². The average molecular weight is 222 g/mol. The van der Waals surface area contributed by atoms with Crippen LogP contribution in [0.15, 0.2) is 18.2 Å². The molecule has 3 heteroatoms. The Morgan fingerprint density at radius 3 is 2.69 bits per heavy atom. The number of rotatable bonds is 6. The Bertz CT molecular complexity index is 315.